The van der Waals surface area contributed by atoms with E-state index >= 15 is 0 Å². The molecule has 0 bridgehead atoms. The summed E-state index contributed by atoms with van der Waals surface area (Å²) in [5, 5.41) is 2.86. The number of nitrogens with one attached hydrogen (secondary N) is 1. The molecule has 0 radical (unpaired) electrons. The Morgan fingerprint density at radius 3 is 2.89 bits per heavy atom. The van der Waals surface area contributed by atoms with Crippen LogP contribution in [0.15, 0.2) is 12.1 Å². The average Bonchev–Trinajstić information content (AvgIpc) is 2.37. The van der Waals surface area contributed by atoms with Crippen LogP contribution in [0.2, 0.25) is 0 Å². The van der Waals surface area contributed by atoms with Gasteiger partial charge >= 0.3 is 0 Å². The summed E-state index contributed by atoms with van der Waals surface area (Å²) in [5.74, 6) is 0.0563. The molecular weight excluding hydrogens is 242 g/mol. The van der Waals surface area contributed by atoms with Gasteiger partial charge in [0.2, 0.25) is 5.91 Å². The normalized spacial score (nSPS) is 15.6. The molecule has 0 saturated carbocycles. The fraction of sp³-hybridized carbons (Fsp3) is 0.500. The molecule has 104 valence electrons. The predicted molar refractivity (Wildman–Crippen MR) is 77.5 cm³/mol. The molecule has 1 heterocycles. The molecule has 1 unspecified atom stereocenters. The average molecular weight is 263 g/mol. The van der Waals surface area contributed by atoms with Crippen LogP contribution in [-0.2, 0) is 16.0 Å². The van der Waals surface area contributed by atoms with E-state index in [2.05, 4.69) is 23.2 Å². The molecule has 19 heavy (non-hydrogen) atoms. The molecule has 5 nitrogen and oxygen atoms in total. The molecule has 1 amide bonds. The smallest absolute Gasteiger partial charge is 0.224 e. The molecule has 0 aromatic heterocycles. The summed E-state index contributed by atoms with van der Waals surface area (Å²) in [6.45, 7) is 2.73. The number of rotatable bonds is 4. The number of hydrogen-bond donors (Lipinski definition) is 2. The van der Waals surface area contributed by atoms with Crippen molar-refractivity contribution < 1.29 is 9.53 Å². The van der Waals surface area contributed by atoms with Crippen molar-refractivity contribution in [3.63, 3.8) is 0 Å². The molecule has 0 saturated heterocycles. The highest BCUT2D eigenvalue weighted by atomic mass is 16.5. The lowest BCUT2D eigenvalue weighted by atomic mass is 10.0. The summed E-state index contributed by atoms with van der Waals surface area (Å²) in [6, 6.07) is 4.15. The van der Waals surface area contributed by atoms with E-state index in [1.165, 1.54) is 0 Å². The third-order valence-corrected chi connectivity index (χ3v) is 3.60. The van der Waals surface area contributed by atoms with Gasteiger partial charge in [0.15, 0.2) is 0 Å². The minimum absolute atomic E-state index is 0.0563. The van der Waals surface area contributed by atoms with Gasteiger partial charge in [0.1, 0.15) is 0 Å². The largest absolute Gasteiger partial charge is 0.397 e. The Morgan fingerprint density at radius 2 is 2.21 bits per heavy atom. The summed E-state index contributed by atoms with van der Waals surface area (Å²) >= 11 is 0. The standard InChI is InChI=1S/C14H21N3O2/c1-9(8-19-3)17(2)13-6-10-4-5-14(18)16-12(10)7-11(13)15/h6-7,9H,4-5,8,15H2,1-3H3,(H,16,18). The lowest BCUT2D eigenvalue weighted by Gasteiger charge is -2.29. The fourth-order valence-corrected chi connectivity index (χ4v) is 2.33. The van der Waals surface area contributed by atoms with Gasteiger partial charge in [0.25, 0.3) is 0 Å². The number of carbonyl (C=O) groups is 1. The van der Waals surface area contributed by atoms with Crippen LogP contribution < -0.4 is 16.0 Å². The zero-order valence-corrected chi connectivity index (χ0v) is 11.7. The lowest BCUT2D eigenvalue weighted by Crippen LogP contribution is -2.33. The van der Waals surface area contributed by atoms with Crippen LogP contribution in [0.5, 0.6) is 0 Å². The van der Waals surface area contributed by atoms with E-state index in [0.29, 0.717) is 18.7 Å². The van der Waals surface area contributed by atoms with Gasteiger partial charge in [-0.2, -0.15) is 0 Å². The highest BCUT2D eigenvalue weighted by molar-refractivity contribution is 5.95. The highest BCUT2D eigenvalue weighted by Gasteiger charge is 2.19. The number of carbonyl (C=O) groups excluding carboxylic acids is 1. The van der Waals surface area contributed by atoms with Crippen molar-refractivity contribution >= 4 is 23.0 Å². The van der Waals surface area contributed by atoms with Crippen LogP contribution in [0.3, 0.4) is 0 Å². The van der Waals surface area contributed by atoms with Crippen LogP contribution >= 0.6 is 0 Å². The number of nitrogens with zero attached hydrogens (tertiary/aromatic N) is 1. The van der Waals surface area contributed by atoms with E-state index < -0.39 is 0 Å². The summed E-state index contributed by atoms with van der Waals surface area (Å²) in [5.41, 5.74) is 9.73. The number of ether oxygens (including phenoxy) is 1. The molecule has 5 heteroatoms. The van der Waals surface area contributed by atoms with Crippen molar-refractivity contribution in [1.82, 2.24) is 0 Å². The number of amides is 1. The van der Waals surface area contributed by atoms with E-state index in [1.54, 1.807) is 7.11 Å². The maximum atomic E-state index is 11.4. The number of benzene rings is 1. The van der Waals surface area contributed by atoms with Gasteiger partial charge in [-0.1, -0.05) is 0 Å². The Kier molecular flexibility index (Phi) is 3.95. The van der Waals surface area contributed by atoms with Crippen LogP contribution in [0.25, 0.3) is 0 Å². The Balaban J connectivity index is 2.29. The number of aryl methyl sites for hydroxylation is 1. The molecule has 1 aliphatic rings. The van der Waals surface area contributed by atoms with Crippen LogP contribution in [0, 0.1) is 0 Å². The first-order chi connectivity index (χ1) is 9.02. The Hall–Kier alpha value is -1.75. The summed E-state index contributed by atoms with van der Waals surface area (Å²) in [6.07, 6.45) is 1.30. The van der Waals surface area contributed by atoms with Gasteiger partial charge in [-0.05, 0) is 31.0 Å². The van der Waals surface area contributed by atoms with E-state index in [0.717, 1.165) is 23.4 Å². The first-order valence-electron chi connectivity index (χ1n) is 6.47. The number of fused-ring (bicyclic) bond motifs is 1. The molecule has 1 aliphatic heterocycles. The monoisotopic (exact) mass is 263 g/mol. The number of likely N-dealkylation sites (N-methyl/N-ethyl adjacent to an activating group) is 1. The van der Waals surface area contributed by atoms with Gasteiger partial charge in [0.05, 0.1) is 18.0 Å². The Labute approximate surface area is 113 Å². The van der Waals surface area contributed by atoms with Crippen molar-refractivity contribution in [2.24, 2.45) is 0 Å². The second kappa shape index (κ2) is 5.48. The molecule has 3 N–H and O–H groups in total. The van der Waals surface area contributed by atoms with Gasteiger partial charge in [0, 0.05) is 32.3 Å². The van der Waals surface area contributed by atoms with E-state index in [1.807, 2.05) is 13.1 Å². The third-order valence-electron chi connectivity index (χ3n) is 3.60. The second-order valence-electron chi connectivity index (χ2n) is 5.03. The summed E-state index contributed by atoms with van der Waals surface area (Å²) < 4.78 is 5.17. The minimum atomic E-state index is 0.0563. The summed E-state index contributed by atoms with van der Waals surface area (Å²) in [7, 11) is 3.69. The lowest BCUT2D eigenvalue weighted by molar-refractivity contribution is -0.116. The molecule has 0 fully saturated rings. The molecule has 0 spiro atoms. The molecule has 2 rings (SSSR count). The fourth-order valence-electron chi connectivity index (χ4n) is 2.33. The van der Waals surface area contributed by atoms with E-state index in [9.17, 15) is 4.79 Å². The van der Waals surface area contributed by atoms with Crippen molar-refractivity contribution in [1.29, 1.82) is 0 Å². The Morgan fingerprint density at radius 1 is 1.47 bits per heavy atom. The summed E-state index contributed by atoms with van der Waals surface area (Å²) in [4.78, 5) is 13.5. The van der Waals surface area contributed by atoms with Crippen LogP contribution in [0.4, 0.5) is 17.1 Å². The maximum absolute atomic E-state index is 11.4. The van der Waals surface area contributed by atoms with Crippen molar-refractivity contribution in [2.75, 3.05) is 36.7 Å². The van der Waals surface area contributed by atoms with Gasteiger partial charge in [-0.3, -0.25) is 4.79 Å². The maximum Gasteiger partial charge on any atom is 0.224 e. The number of methoxy groups -OCH3 is 1. The molecule has 0 aliphatic carbocycles. The zero-order valence-electron chi connectivity index (χ0n) is 11.7. The molecular formula is C14H21N3O2. The van der Waals surface area contributed by atoms with Crippen molar-refractivity contribution in [3.05, 3.63) is 17.7 Å². The van der Waals surface area contributed by atoms with Crippen LogP contribution in [0.1, 0.15) is 18.9 Å². The zero-order chi connectivity index (χ0) is 14.0. The van der Waals surface area contributed by atoms with Crippen LogP contribution in [-0.4, -0.2) is 32.7 Å². The minimum Gasteiger partial charge on any atom is -0.397 e. The molecule has 1 aromatic carbocycles. The highest BCUT2D eigenvalue weighted by Crippen LogP contribution is 2.33. The van der Waals surface area contributed by atoms with Gasteiger partial charge < -0.3 is 20.7 Å². The molecule has 1 atom stereocenters. The third kappa shape index (κ3) is 2.81. The van der Waals surface area contributed by atoms with Crippen molar-refractivity contribution in [3.8, 4) is 0 Å². The number of anilines is 3. The van der Waals surface area contributed by atoms with Gasteiger partial charge in [-0.15, -0.1) is 0 Å². The van der Waals surface area contributed by atoms with Gasteiger partial charge in [-0.25, -0.2) is 0 Å². The second-order valence-corrected chi connectivity index (χ2v) is 5.03. The number of nitrogens with two attached hydrogens (primary N) is 1. The number of hydrogen-bond acceptors (Lipinski definition) is 4. The quantitative estimate of drug-likeness (QED) is 0.810. The first-order valence-corrected chi connectivity index (χ1v) is 6.47. The Bertz CT molecular complexity index is 488. The topological polar surface area (TPSA) is 67.6 Å². The molecule has 1 aromatic rings. The van der Waals surface area contributed by atoms with E-state index in [-0.39, 0.29) is 11.9 Å². The SMILES string of the molecule is COCC(C)N(C)c1cc2c(cc1N)NC(=O)CC2. The van der Waals surface area contributed by atoms with Crippen molar-refractivity contribution in [2.45, 2.75) is 25.8 Å². The predicted octanol–water partition coefficient (Wildman–Crippen LogP) is 1.62. The first kappa shape index (κ1) is 13.7. The van der Waals surface area contributed by atoms with E-state index in [4.69, 9.17) is 10.5 Å². The number of nitrogen functional groups attached to an aromatic ring is 1.